The van der Waals surface area contributed by atoms with Crippen LogP contribution in [-0.4, -0.2) is 11.0 Å². The second-order valence-electron chi connectivity index (χ2n) is 2.62. The van der Waals surface area contributed by atoms with Gasteiger partial charge in [0, 0.05) is 21.6 Å². The molecule has 0 N–H and O–H groups in total. The molecule has 72 valence electrons. The van der Waals surface area contributed by atoms with E-state index in [1.54, 1.807) is 0 Å². The van der Waals surface area contributed by atoms with Crippen molar-refractivity contribution in [2.45, 2.75) is 13.0 Å². The Kier molecular flexibility index (Phi) is 5.06. The van der Waals surface area contributed by atoms with Gasteiger partial charge in [-0.15, -0.1) is 0 Å². The fraction of sp³-hybridized carbons (Fsp3) is 0.400. The van der Waals surface area contributed by atoms with E-state index in [2.05, 4.69) is 22.6 Å². The Morgan fingerprint density at radius 1 is 1.46 bits per heavy atom. The van der Waals surface area contributed by atoms with Gasteiger partial charge in [0.05, 0.1) is 6.10 Å². The van der Waals surface area contributed by atoms with Gasteiger partial charge >= 0.3 is 0 Å². The molecular formula is C10H12ClIO. The van der Waals surface area contributed by atoms with Crippen molar-refractivity contribution in [3.8, 4) is 0 Å². The number of alkyl halides is 1. The third-order valence-electron chi connectivity index (χ3n) is 1.76. The van der Waals surface area contributed by atoms with Gasteiger partial charge in [0.1, 0.15) is 0 Å². The van der Waals surface area contributed by atoms with Crippen LogP contribution in [-0.2, 0) is 4.74 Å². The number of ether oxygens (including phenoxy) is 1. The molecule has 1 rings (SSSR count). The van der Waals surface area contributed by atoms with Crippen LogP contribution in [0.5, 0.6) is 0 Å². The maximum atomic E-state index is 6.05. The summed E-state index contributed by atoms with van der Waals surface area (Å²) in [7, 11) is 0. The van der Waals surface area contributed by atoms with Crippen LogP contribution in [0.4, 0.5) is 0 Å². The normalized spacial score (nSPS) is 12.8. The fourth-order valence-electron chi connectivity index (χ4n) is 1.15. The Hall–Kier alpha value is 0.200. The Bertz CT molecular complexity index is 265. The number of halogens is 2. The highest BCUT2D eigenvalue weighted by Crippen LogP contribution is 2.26. The molecule has 0 saturated carbocycles. The first-order valence-electron chi connectivity index (χ1n) is 4.21. The van der Waals surface area contributed by atoms with Crippen molar-refractivity contribution in [3.05, 3.63) is 34.9 Å². The van der Waals surface area contributed by atoms with Crippen LogP contribution in [0, 0.1) is 0 Å². The smallest absolute Gasteiger partial charge is 0.0928 e. The third kappa shape index (κ3) is 3.11. The van der Waals surface area contributed by atoms with E-state index in [0.29, 0.717) is 0 Å². The zero-order valence-electron chi connectivity index (χ0n) is 7.47. The van der Waals surface area contributed by atoms with Gasteiger partial charge < -0.3 is 4.74 Å². The van der Waals surface area contributed by atoms with Crippen molar-refractivity contribution in [2.24, 2.45) is 0 Å². The molecule has 3 heteroatoms. The summed E-state index contributed by atoms with van der Waals surface area (Å²) < 4.78 is 6.49. The number of hydrogen-bond donors (Lipinski definition) is 0. The van der Waals surface area contributed by atoms with Crippen LogP contribution in [0.1, 0.15) is 18.6 Å². The molecule has 0 aromatic heterocycles. The van der Waals surface area contributed by atoms with E-state index in [1.165, 1.54) is 0 Å². The topological polar surface area (TPSA) is 9.23 Å². The molecule has 0 amide bonds. The maximum Gasteiger partial charge on any atom is 0.0928 e. The van der Waals surface area contributed by atoms with Crippen LogP contribution in [0.3, 0.4) is 0 Å². The van der Waals surface area contributed by atoms with Gasteiger partial charge in [0.25, 0.3) is 0 Å². The van der Waals surface area contributed by atoms with Crippen molar-refractivity contribution >= 4 is 34.2 Å². The van der Waals surface area contributed by atoms with Gasteiger partial charge in [-0.3, -0.25) is 0 Å². The van der Waals surface area contributed by atoms with Crippen LogP contribution in [0.15, 0.2) is 24.3 Å². The van der Waals surface area contributed by atoms with E-state index in [4.69, 9.17) is 16.3 Å². The summed E-state index contributed by atoms with van der Waals surface area (Å²) in [6.45, 7) is 2.72. The van der Waals surface area contributed by atoms with Crippen LogP contribution in [0.2, 0.25) is 5.02 Å². The molecule has 1 aromatic rings. The average molecular weight is 311 g/mol. The molecule has 0 spiro atoms. The van der Waals surface area contributed by atoms with Gasteiger partial charge in [0.15, 0.2) is 0 Å². The monoisotopic (exact) mass is 310 g/mol. The van der Waals surface area contributed by atoms with Crippen molar-refractivity contribution in [2.75, 3.05) is 11.0 Å². The molecule has 0 aliphatic heterocycles. The summed E-state index contributed by atoms with van der Waals surface area (Å²) in [4.78, 5) is 0. The van der Waals surface area contributed by atoms with E-state index in [0.717, 1.165) is 21.6 Å². The fourth-order valence-corrected chi connectivity index (χ4v) is 2.14. The lowest BCUT2D eigenvalue weighted by molar-refractivity contribution is 0.0819. The number of benzene rings is 1. The maximum absolute atomic E-state index is 6.05. The molecule has 0 bridgehead atoms. The Labute approximate surface area is 97.6 Å². The summed E-state index contributed by atoms with van der Waals surface area (Å²) in [5, 5.41) is 0.789. The lowest BCUT2D eigenvalue weighted by atomic mass is 10.1. The zero-order chi connectivity index (χ0) is 9.68. The highest BCUT2D eigenvalue weighted by Gasteiger charge is 2.12. The van der Waals surface area contributed by atoms with E-state index in [-0.39, 0.29) is 6.10 Å². The molecule has 0 radical (unpaired) electrons. The Balaban J connectivity index is 2.84. The van der Waals surface area contributed by atoms with Gasteiger partial charge in [-0.25, -0.2) is 0 Å². The summed E-state index contributed by atoms with van der Waals surface area (Å²) in [6.07, 6.45) is 0.124. The second kappa shape index (κ2) is 5.83. The van der Waals surface area contributed by atoms with Gasteiger partial charge in [-0.05, 0) is 13.0 Å². The lowest BCUT2D eigenvalue weighted by Gasteiger charge is -2.15. The Morgan fingerprint density at radius 2 is 2.15 bits per heavy atom. The molecular weight excluding hydrogens is 298 g/mol. The molecule has 1 atom stereocenters. The summed E-state index contributed by atoms with van der Waals surface area (Å²) in [5.41, 5.74) is 1.08. The first-order chi connectivity index (χ1) is 6.29. The molecule has 1 aromatic carbocycles. The lowest BCUT2D eigenvalue weighted by Crippen LogP contribution is -2.05. The minimum Gasteiger partial charge on any atom is -0.373 e. The van der Waals surface area contributed by atoms with E-state index >= 15 is 0 Å². The minimum absolute atomic E-state index is 0.124. The van der Waals surface area contributed by atoms with E-state index in [1.807, 2.05) is 31.2 Å². The van der Waals surface area contributed by atoms with Gasteiger partial charge in [-0.1, -0.05) is 52.4 Å². The molecule has 13 heavy (non-hydrogen) atoms. The molecule has 1 nitrogen and oxygen atoms in total. The molecule has 0 saturated heterocycles. The predicted octanol–water partition coefficient (Wildman–Crippen LogP) is 3.85. The minimum atomic E-state index is 0.124. The summed E-state index contributed by atoms with van der Waals surface area (Å²) in [6, 6.07) is 7.83. The van der Waals surface area contributed by atoms with Crippen molar-refractivity contribution in [3.63, 3.8) is 0 Å². The van der Waals surface area contributed by atoms with Gasteiger partial charge in [-0.2, -0.15) is 0 Å². The number of hydrogen-bond acceptors (Lipinski definition) is 1. The van der Waals surface area contributed by atoms with Crippen molar-refractivity contribution < 1.29 is 4.74 Å². The SMILES string of the molecule is CCOC(CI)c1ccccc1Cl. The highest BCUT2D eigenvalue weighted by atomic mass is 127. The van der Waals surface area contributed by atoms with Crippen molar-refractivity contribution in [1.82, 2.24) is 0 Å². The zero-order valence-corrected chi connectivity index (χ0v) is 10.4. The molecule has 1 unspecified atom stereocenters. The van der Waals surface area contributed by atoms with E-state index in [9.17, 15) is 0 Å². The van der Waals surface area contributed by atoms with Gasteiger partial charge in [0.2, 0.25) is 0 Å². The number of rotatable bonds is 4. The first kappa shape index (κ1) is 11.3. The van der Waals surface area contributed by atoms with Crippen LogP contribution in [0.25, 0.3) is 0 Å². The molecule has 0 heterocycles. The van der Waals surface area contributed by atoms with Crippen molar-refractivity contribution in [1.29, 1.82) is 0 Å². The Morgan fingerprint density at radius 3 is 2.69 bits per heavy atom. The standard InChI is InChI=1S/C10H12ClIO/c1-2-13-10(7-12)8-5-3-4-6-9(8)11/h3-6,10H,2,7H2,1H3. The summed E-state index contributed by atoms with van der Waals surface area (Å²) in [5.74, 6) is 0. The predicted molar refractivity (Wildman–Crippen MR) is 64.7 cm³/mol. The third-order valence-corrected chi connectivity index (χ3v) is 2.90. The first-order valence-corrected chi connectivity index (χ1v) is 6.12. The molecule has 0 fully saturated rings. The highest BCUT2D eigenvalue weighted by molar-refractivity contribution is 14.1. The second-order valence-corrected chi connectivity index (χ2v) is 3.91. The largest absolute Gasteiger partial charge is 0.373 e. The van der Waals surface area contributed by atoms with E-state index < -0.39 is 0 Å². The molecule has 0 aliphatic carbocycles. The molecule has 0 aliphatic rings. The summed E-state index contributed by atoms with van der Waals surface area (Å²) >= 11 is 8.36. The average Bonchev–Trinajstić information content (AvgIpc) is 2.16. The quantitative estimate of drug-likeness (QED) is 0.606. The van der Waals surface area contributed by atoms with Crippen LogP contribution < -0.4 is 0 Å². The van der Waals surface area contributed by atoms with Crippen LogP contribution >= 0.6 is 34.2 Å².